The van der Waals surface area contributed by atoms with Gasteiger partial charge in [0.2, 0.25) is 5.91 Å². The molecule has 0 heterocycles. The lowest BCUT2D eigenvalue weighted by molar-refractivity contribution is -0.117. The molecule has 1 aromatic carbocycles. The van der Waals surface area contributed by atoms with Crippen molar-refractivity contribution in [3.05, 3.63) is 52.9 Å². The van der Waals surface area contributed by atoms with Crippen molar-refractivity contribution < 1.29 is 9.18 Å². The van der Waals surface area contributed by atoms with Gasteiger partial charge in [-0.15, -0.1) is 0 Å². The van der Waals surface area contributed by atoms with Crippen LogP contribution in [0.3, 0.4) is 0 Å². The van der Waals surface area contributed by atoms with Crippen LogP contribution in [0.25, 0.3) is 0 Å². The number of allylic oxidation sites excluding steroid dienone is 1. The van der Waals surface area contributed by atoms with Gasteiger partial charge in [0.25, 0.3) is 0 Å². The molecule has 3 rings (SSSR count). The van der Waals surface area contributed by atoms with E-state index in [1.54, 1.807) is 6.07 Å². The van der Waals surface area contributed by atoms with Crippen LogP contribution < -0.4 is 16.2 Å². The summed E-state index contributed by atoms with van der Waals surface area (Å²) >= 11 is 0. The van der Waals surface area contributed by atoms with E-state index in [0.29, 0.717) is 18.0 Å². The van der Waals surface area contributed by atoms with Crippen LogP contribution in [0.15, 0.2) is 41.5 Å². The van der Waals surface area contributed by atoms with Crippen LogP contribution in [0.2, 0.25) is 0 Å². The van der Waals surface area contributed by atoms with Crippen molar-refractivity contribution in [2.45, 2.75) is 52.0 Å². The Labute approximate surface area is 154 Å². The summed E-state index contributed by atoms with van der Waals surface area (Å²) in [5.41, 5.74) is 2.88. The minimum Gasteiger partial charge on any atom is -0.352 e. The van der Waals surface area contributed by atoms with E-state index in [1.807, 2.05) is 32.1 Å². The van der Waals surface area contributed by atoms with E-state index in [9.17, 15) is 9.18 Å². The third-order valence-corrected chi connectivity index (χ3v) is 5.56. The molecule has 26 heavy (non-hydrogen) atoms. The highest BCUT2D eigenvalue weighted by Crippen LogP contribution is 2.29. The van der Waals surface area contributed by atoms with Crippen LogP contribution in [-0.4, -0.2) is 18.5 Å². The van der Waals surface area contributed by atoms with E-state index in [0.717, 1.165) is 23.3 Å². The van der Waals surface area contributed by atoms with Gasteiger partial charge >= 0.3 is 0 Å². The van der Waals surface area contributed by atoms with Crippen LogP contribution in [0, 0.1) is 18.7 Å². The van der Waals surface area contributed by atoms with Gasteiger partial charge in [-0.2, -0.15) is 0 Å². The second kappa shape index (κ2) is 8.04. The number of amides is 1. The summed E-state index contributed by atoms with van der Waals surface area (Å²) in [7, 11) is 0. The number of hydrogen-bond donors (Lipinski definition) is 2. The van der Waals surface area contributed by atoms with E-state index in [4.69, 9.17) is 5.84 Å². The van der Waals surface area contributed by atoms with E-state index >= 15 is 0 Å². The number of hydrogen-bond acceptors (Lipinski definition) is 3. The van der Waals surface area contributed by atoms with Crippen molar-refractivity contribution in [3.63, 3.8) is 0 Å². The van der Waals surface area contributed by atoms with E-state index in [-0.39, 0.29) is 17.8 Å². The molecule has 140 valence electrons. The van der Waals surface area contributed by atoms with Crippen molar-refractivity contribution in [1.82, 2.24) is 5.32 Å². The second-order valence-corrected chi connectivity index (χ2v) is 7.43. The molecule has 0 saturated heterocycles. The van der Waals surface area contributed by atoms with Crippen LogP contribution in [0.1, 0.15) is 44.6 Å². The summed E-state index contributed by atoms with van der Waals surface area (Å²) in [6.07, 6.45) is 9.46. The average molecular weight is 357 g/mol. The molecule has 0 radical (unpaired) electrons. The van der Waals surface area contributed by atoms with Crippen LogP contribution in [-0.2, 0) is 4.79 Å². The number of anilines is 1. The largest absolute Gasteiger partial charge is 0.352 e. The lowest BCUT2D eigenvalue weighted by Gasteiger charge is -2.28. The highest BCUT2D eigenvalue weighted by atomic mass is 19.1. The van der Waals surface area contributed by atoms with Crippen molar-refractivity contribution >= 4 is 11.6 Å². The summed E-state index contributed by atoms with van der Waals surface area (Å²) in [5, 5.41) is 4.51. The molecular formula is C21H28FN3O. The minimum absolute atomic E-state index is 0.000920. The van der Waals surface area contributed by atoms with Gasteiger partial charge in [-0.3, -0.25) is 4.79 Å². The molecule has 1 unspecified atom stereocenters. The van der Waals surface area contributed by atoms with Crippen molar-refractivity contribution in [2.24, 2.45) is 11.8 Å². The first-order chi connectivity index (χ1) is 12.5. The highest BCUT2D eigenvalue weighted by Gasteiger charge is 2.24. The molecule has 4 nitrogen and oxygen atoms in total. The number of carbonyl (C=O) groups excluding carboxylic acids is 1. The van der Waals surface area contributed by atoms with Crippen molar-refractivity contribution in [3.8, 4) is 0 Å². The van der Waals surface area contributed by atoms with Crippen LogP contribution in [0.5, 0.6) is 0 Å². The summed E-state index contributed by atoms with van der Waals surface area (Å²) < 4.78 is 14.2. The number of nitrogens with one attached hydrogen (secondary N) is 1. The van der Waals surface area contributed by atoms with Gasteiger partial charge in [0.05, 0.1) is 11.7 Å². The predicted octanol–water partition coefficient (Wildman–Crippen LogP) is 3.77. The van der Waals surface area contributed by atoms with Gasteiger partial charge in [-0.25, -0.2) is 10.2 Å². The van der Waals surface area contributed by atoms with Gasteiger partial charge in [0.15, 0.2) is 0 Å². The standard InChI is InChI=1S/C21H28FN3O/c1-14-6-5-9-19(22)20(14)25(23)15(2)17-10-11-18(12-17)21(26)24-13-16-7-3-4-8-16/h5-6,9-10,12,15-16H,3-4,7-8,11,13,23H2,1-2H3,(H,24,26). The van der Waals surface area contributed by atoms with Gasteiger partial charge in [-0.05, 0) is 62.3 Å². The third kappa shape index (κ3) is 3.98. The normalized spacial score (nSPS) is 18.5. The molecule has 1 saturated carbocycles. The zero-order valence-corrected chi connectivity index (χ0v) is 15.6. The first-order valence-electron chi connectivity index (χ1n) is 9.45. The van der Waals surface area contributed by atoms with E-state index in [2.05, 4.69) is 5.32 Å². The summed E-state index contributed by atoms with van der Waals surface area (Å²) in [5.74, 6) is 6.49. The van der Waals surface area contributed by atoms with E-state index < -0.39 is 0 Å². The fourth-order valence-electron chi connectivity index (χ4n) is 3.87. The second-order valence-electron chi connectivity index (χ2n) is 7.43. The molecule has 2 aliphatic rings. The molecule has 1 atom stereocenters. The molecule has 1 fully saturated rings. The number of halogens is 1. The zero-order chi connectivity index (χ0) is 18.7. The molecular weight excluding hydrogens is 329 g/mol. The number of nitrogens with two attached hydrogens (primary N) is 1. The summed E-state index contributed by atoms with van der Waals surface area (Å²) in [6, 6.07) is 4.71. The van der Waals surface area contributed by atoms with Crippen molar-refractivity contribution in [2.75, 3.05) is 11.6 Å². The molecule has 0 bridgehead atoms. The van der Waals surface area contributed by atoms with E-state index in [1.165, 1.54) is 36.8 Å². The van der Waals surface area contributed by atoms with Gasteiger partial charge in [-0.1, -0.05) is 31.1 Å². The molecule has 3 N–H and O–H groups in total. The maximum atomic E-state index is 14.2. The maximum absolute atomic E-state index is 14.2. The Morgan fingerprint density at radius 2 is 2.12 bits per heavy atom. The Morgan fingerprint density at radius 3 is 2.81 bits per heavy atom. The Hall–Kier alpha value is -2.14. The number of nitrogens with zero attached hydrogens (tertiary/aromatic N) is 1. The number of rotatable bonds is 6. The van der Waals surface area contributed by atoms with Gasteiger partial charge in [0, 0.05) is 12.1 Å². The molecule has 2 aliphatic carbocycles. The minimum atomic E-state index is -0.337. The fourth-order valence-corrected chi connectivity index (χ4v) is 3.87. The first-order valence-corrected chi connectivity index (χ1v) is 9.45. The SMILES string of the molecule is Cc1cccc(F)c1N(N)C(C)C1=CCC(C(=O)NCC2CCCC2)=C1. The van der Waals surface area contributed by atoms with Gasteiger partial charge in [0.1, 0.15) is 5.82 Å². The molecule has 5 heteroatoms. The van der Waals surface area contributed by atoms with Crippen LogP contribution in [0.4, 0.5) is 10.1 Å². The highest BCUT2D eigenvalue weighted by molar-refractivity contribution is 5.95. The smallest absolute Gasteiger partial charge is 0.247 e. The van der Waals surface area contributed by atoms with Crippen molar-refractivity contribution in [1.29, 1.82) is 0 Å². The summed E-state index contributed by atoms with van der Waals surface area (Å²) in [4.78, 5) is 12.4. The fraction of sp³-hybridized carbons (Fsp3) is 0.476. The molecule has 0 aromatic heterocycles. The van der Waals surface area contributed by atoms with Gasteiger partial charge < -0.3 is 10.3 Å². The quantitative estimate of drug-likeness (QED) is 0.602. The lowest BCUT2D eigenvalue weighted by Crippen LogP contribution is -2.41. The monoisotopic (exact) mass is 357 g/mol. The Balaban J connectivity index is 1.63. The molecule has 0 spiro atoms. The Kier molecular flexibility index (Phi) is 5.77. The first kappa shape index (κ1) is 18.6. The third-order valence-electron chi connectivity index (χ3n) is 5.56. The number of benzene rings is 1. The lowest BCUT2D eigenvalue weighted by atomic mass is 10.1. The molecule has 1 aromatic rings. The number of carbonyl (C=O) groups is 1. The average Bonchev–Trinajstić information content (AvgIpc) is 3.30. The Morgan fingerprint density at radius 1 is 1.38 bits per heavy atom. The molecule has 0 aliphatic heterocycles. The molecule has 1 amide bonds. The predicted molar refractivity (Wildman–Crippen MR) is 103 cm³/mol. The number of hydrazine groups is 1. The Bertz CT molecular complexity index is 715. The van der Waals surface area contributed by atoms with Crippen LogP contribution >= 0.6 is 0 Å². The summed E-state index contributed by atoms with van der Waals surface area (Å²) in [6.45, 7) is 4.53. The zero-order valence-electron chi connectivity index (χ0n) is 15.6. The maximum Gasteiger partial charge on any atom is 0.247 e. The topological polar surface area (TPSA) is 58.4 Å². The number of para-hydroxylation sites is 1. The number of aryl methyl sites for hydroxylation is 1.